The van der Waals surface area contributed by atoms with Crippen LogP contribution in [0.4, 0.5) is 11.4 Å². The van der Waals surface area contributed by atoms with E-state index in [9.17, 15) is 15.2 Å². The van der Waals surface area contributed by atoms with Crippen molar-refractivity contribution in [3.8, 4) is 5.75 Å². The molecule has 112 valence electrons. The molecule has 0 aliphatic heterocycles. The summed E-state index contributed by atoms with van der Waals surface area (Å²) in [5.74, 6) is 0.165. The summed E-state index contributed by atoms with van der Waals surface area (Å²) in [5.41, 5.74) is -0.806. The van der Waals surface area contributed by atoms with Crippen LogP contribution in [0, 0.1) is 10.1 Å². The standard InChI is InChI=1S/C13H20N2O5/c1-9(2)20-12-6-10(4-5-11(12)15(18)19)14-7-13(3,17)8-16/h4-6,9,14,16-17H,7-8H2,1-3H3. The monoisotopic (exact) mass is 284 g/mol. The molecule has 0 fully saturated rings. The summed E-state index contributed by atoms with van der Waals surface area (Å²) in [6, 6.07) is 4.37. The normalized spacial score (nSPS) is 13.9. The number of aliphatic hydroxyl groups is 2. The number of aliphatic hydroxyl groups excluding tert-OH is 1. The molecule has 1 rings (SSSR count). The van der Waals surface area contributed by atoms with E-state index in [0.29, 0.717) is 5.69 Å². The van der Waals surface area contributed by atoms with Crippen molar-refractivity contribution in [1.29, 1.82) is 0 Å². The first-order chi connectivity index (χ1) is 9.25. The van der Waals surface area contributed by atoms with Crippen LogP contribution in [0.25, 0.3) is 0 Å². The van der Waals surface area contributed by atoms with Gasteiger partial charge in [0.15, 0.2) is 5.75 Å². The van der Waals surface area contributed by atoms with E-state index in [1.807, 2.05) is 0 Å². The maximum atomic E-state index is 10.9. The van der Waals surface area contributed by atoms with Crippen LogP contribution >= 0.6 is 0 Å². The van der Waals surface area contributed by atoms with Gasteiger partial charge in [0.1, 0.15) is 5.60 Å². The Balaban J connectivity index is 2.92. The lowest BCUT2D eigenvalue weighted by molar-refractivity contribution is -0.386. The van der Waals surface area contributed by atoms with Gasteiger partial charge >= 0.3 is 5.69 Å². The Kier molecular flexibility index (Phi) is 5.29. The Morgan fingerprint density at radius 1 is 1.50 bits per heavy atom. The molecule has 0 aliphatic rings. The minimum atomic E-state index is -1.26. The van der Waals surface area contributed by atoms with Crippen LogP contribution in [0.15, 0.2) is 18.2 Å². The van der Waals surface area contributed by atoms with Crippen LogP contribution in [0.3, 0.4) is 0 Å². The molecule has 0 aliphatic carbocycles. The van der Waals surface area contributed by atoms with E-state index in [-0.39, 0.29) is 30.7 Å². The number of anilines is 1. The van der Waals surface area contributed by atoms with Crippen molar-refractivity contribution in [1.82, 2.24) is 0 Å². The van der Waals surface area contributed by atoms with Crippen molar-refractivity contribution >= 4 is 11.4 Å². The first-order valence-corrected chi connectivity index (χ1v) is 6.27. The average Bonchev–Trinajstić information content (AvgIpc) is 2.35. The zero-order chi connectivity index (χ0) is 15.3. The van der Waals surface area contributed by atoms with E-state index >= 15 is 0 Å². The van der Waals surface area contributed by atoms with Gasteiger partial charge in [-0.05, 0) is 26.8 Å². The lowest BCUT2D eigenvalue weighted by atomic mass is 10.1. The van der Waals surface area contributed by atoms with Gasteiger partial charge in [0.2, 0.25) is 0 Å². The molecule has 0 saturated heterocycles. The topological polar surface area (TPSA) is 105 Å². The van der Waals surface area contributed by atoms with E-state index in [1.165, 1.54) is 25.1 Å². The van der Waals surface area contributed by atoms with E-state index in [0.717, 1.165) is 0 Å². The fourth-order valence-corrected chi connectivity index (χ4v) is 1.47. The molecule has 1 unspecified atom stereocenters. The molecule has 7 nitrogen and oxygen atoms in total. The molecule has 0 saturated carbocycles. The molecule has 1 aromatic rings. The van der Waals surface area contributed by atoms with Crippen LogP contribution in [-0.2, 0) is 0 Å². The van der Waals surface area contributed by atoms with E-state index < -0.39 is 10.5 Å². The number of nitro benzene ring substituents is 1. The molecule has 0 aromatic heterocycles. The maximum absolute atomic E-state index is 10.9. The van der Waals surface area contributed by atoms with Gasteiger partial charge in [0, 0.05) is 24.4 Å². The summed E-state index contributed by atoms with van der Waals surface area (Å²) >= 11 is 0. The number of nitrogens with one attached hydrogen (secondary N) is 1. The van der Waals surface area contributed by atoms with Gasteiger partial charge < -0.3 is 20.3 Å². The van der Waals surface area contributed by atoms with Crippen molar-refractivity contribution in [2.24, 2.45) is 0 Å². The predicted molar refractivity (Wildman–Crippen MR) is 75.1 cm³/mol. The molecule has 0 bridgehead atoms. The van der Waals surface area contributed by atoms with Crippen molar-refractivity contribution in [3.63, 3.8) is 0 Å². The van der Waals surface area contributed by atoms with Crippen LogP contribution in [-0.4, -0.2) is 40.0 Å². The number of hydrogen-bond donors (Lipinski definition) is 3. The second-order valence-corrected chi connectivity index (χ2v) is 5.11. The fourth-order valence-electron chi connectivity index (χ4n) is 1.47. The van der Waals surface area contributed by atoms with Gasteiger partial charge in [-0.3, -0.25) is 10.1 Å². The summed E-state index contributed by atoms with van der Waals surface area (Å²) < 4.78 is 5.41. The molecule has 3 N–H and O–H groups in total. The number of benzene rings is 1. The third kappa shape index (κ3) is 4.67. The zero-order valence-electron chi connectivity index (χ0n) is 11.8. The summed E-state index contributed by atoms with van der Waals surface area (Å²) in [6.07, 6.45) is -0.190. The number of ether oxygens (including phenoxy) is 1. The van der Waals surface area contributed by atoms with Crippen LogP contribution in [0.1, 0.15) is 20.8 Å². The molecular formula is C13H20N2O5. The Bertz CT molecular complexity index is 474. The SMILES string of the molecule is CC(C)Oc1cc(NCC(C)(O)CO)ccc1[N+](=O)[O-]. The minimum absolute atomic E-state index is 0.113. The minimum Gasteiger partial charge on any atom is -0.484 e. The summed E-state index contributed by atoms with van der Waals surface area (Å²) in [4.78, 5) is 10.4. The second kappa shape index (κ2) is 6.53. The van der Waals surface area contributed by atoms with Gasteiger partial charge in [0.05, 0.1) is 17.6 Å². The Morgan fingerprint density at radius 3 is 2.65 bits per heavy atom. The fraction of sp³-hybridized carbons (Fsp3) is 0.538. The lowest BCUT2D eigenvalue weighted by Gasteiger charge is -2.21. The second-order valence-electron chi connectivity index (χ2n) is 5.11. The smallest absolute Gasteiger partial charge is 0.311 e. The highest BCUT2D eigenvalue weighted by atomic mass is 16.6. The summed E-state index contributed by atoms with van der Waals surface area (Å²) in [7, 11) is 0. The number of rotatable bonds is 7. The lowest BCUT2D eigenvalue weighted by Crippen LogP contribution is -2.37. The molecule has 0 spiro atoms. The molecule has 1 atom stereocenters. The molecule has 1 aromatic carbocycles. The molecule has 0 amide bonds. The third-order valence-corrected chi connectivity index (χ3v) is 2.53. The van der Waals surface area contributed by atoms with Gasteiger partial charge in [-0.2, -0.15) is 0 Å². The number of nitro groups is 1. The Labute approximate surface area is 117 Å². The van der Waals surface area contributed by atoms with Crippen LogP contribution < -0.4 is 10.1 Å². The van der Waals surface area contributed by atoms with Crippen LogP contribution in [0.2, 0.25) is 0 Å². The number of nitrogens with zero attached hydrogens (tertiary/aromatic N) is 1. The molecular weight excluding hydrogens is 264 g/mol. The van der Waals surface area contributed by atoms with Crippen molar-refractivity contribution < 1.29 is 19.9 Å². The van der Waals surface area contributed by atoms with Gasteiger partial charge in [0.25, 0.3) is 0 Å². The average molecular weight is 284 g/mol. The van der Waals surface area contributed by atoms with E-state index in [4.69, 9.17) is 9.84 Å². The van der Waals surface area contributed by atoms with Gasteiger partial charge in [-0.1, -0.05) is 0 Å². The first-order valence-electron chi connectivity index (χ1n) is 6.27. The van der Waals surface area contributed by atoms with Crippen molar-refractivity contribution in [2.75, 3.05) is 18.5 Å². The highest BCUT2D eigenvalue weighted by Gasteiger charge is 2.20. The molecule has 0 heterocycles. The van der Waals surface area contributed by atoms with E-state index in [1.54, 1.807) is 13.8 Å². The van der Waals surface area contributed by atoms with E-state index in [2.05, 4.69) is 5.32 Å². The highest BCUT2D eigenvalue weighted by Crippen LogP contribution is 2.31. The van der Waals surface area contributed by atoms with Crippen molar-refractivity contribution in [3.05, 3.63) is 28.3 Å². The Morgan fingerprint density at radius 2 is 2.15 bits per heavy atom. The highest BCUT2D eigenvalue weighted by molar-refractivity contribution is 5.58. The third-order valence-electron chi connectivity index (χ3n) is 2.53. The first kappa shape index (κ1) is 16.2. The zero-order valence-corrected chi connectivity index (χ0v) is 11.8. The molecule has 0 radical (unpaired) electrons. The van der Waals surface area contributed by atoms with Gasteiger partial charge in [-0.15, -0.1) is 0 Å². The number of hydrogen-bond acceptors (Lipinski definition) is 6. The van der Waals surface area contributed by atoms with Crippen molar-refractivity contribution in [2.45, 2.75) is 32.5 Å². The quantitative estimate of drug-likeness (QED) is 0.518. The summed E-state index contributed by atoms with van der Waals surface area (Å²) in [6.45, 7) is 4.77. The Hall–Kier alpha value is -1.86. The summed E-state index contributed by atoms with van der Waals surface area (Å²) in [5, 5.41) is 32.5. The molecule has 7 heteroatoms. The van der Waals surface area contributed by atoms with Crippen LogP contribution in [0.5, 0.6) is 5.75 Å². The molecule has 20 heavy (non-hydrogen) atoms. The maximum Gasteiger partial charge on any atom is 0.311 e. The van der Waals surface area contributed by atoms with Gasteiger partial charge in [-0.25, -0.2) is 0 Å². The largest absolute Gasteiger partial charge is 0.484 e. The predicted octanol–water partition coefficient (Wildman–Crippen LogP) is 1.54.